The van der Waals surface area contributed by atoms with Gasteiger partial charge in [-0.15, -0.1) is 0 Å². The fraction of sp³-hybridized carbons (Fsp3) is 0.647. The van der Waals surface area contributed by atoms with Crippen LogP contribution in [0.25, 0.3) is 0 Å². The molecule has 0 saturated heterocycles. The summed E-state index contributed by atoms with van der Waals surface area (Å²) in [5, 5.41) is 0.124. The third-order valence-electron chi connectivity index (χ3n) is 4.47. The summed E-state index contributed by atoms with van der Waals surface area (Å²) in [7, 11) is -1.95. The Bertz CT molecular complexity index is 504. The average molecular weight is 308 g/mol. The first kappa shape index (κ1) is 17.9. The quantitative estimate of drug-likeness (QED) is 0.580. The van der Waals surface area contributed by atoms with E-state index in [0.717, 1.165) is 30.6 Å². The van der Waals surface area contributed by atoms with Gasteiger partial charge in [-0.2, -0.15) is 0 Å². The van der Waals surface area contributed by atoms with E-state index in [2.05, 4.69) is 52.7 Å². The summed E-state index contributed by atoms with van der Waals surface area (Å²) in [6.07, 6.45) is 4.97. The molecule has 0 bridgehead atoms. The number of carbonyl (C=O) groups excluding carboxylic acids is 1. The minimum atomic E-state index is -1.95. The van der Waals surface area contributed by atoms with Gasteiger partial charge in [0.25, 0.3) is 8.32 Å². The molecule has 21 heavy (non-hydrogen) atoms. The molecule has 1 aromatic heterocycles. The Morgan fingerprint density at radius 2 is 1.86 bits per heavy atom. The highest BCUT2D eigenvalue weighted by Gasteiger charge is 2.40. The number of pyridine rings is 1. The molecular weight excluding hydrogens is 278 g/mol. The standard InChI is InChI=1S/C17H29NO2Si/c1-8-13-12-18-15(10-11-19)16(14(13)9-2)20-21(6,7)17(3,4)5/h11-12H,8-10H2,1-7H3. The van der Waals surface area contributed by atoms with Crippen molar-refractivity contribution in [2.75, 3.05) is 0 Å². The van der Waals surface area contributed by atoms with E-state index in [9.17, 15) is 4.79 Å². The van der Waals surface area contributed by atoms with E-state index in [4.69, 9.17) is 4.43 Å². The van der Waals surface area contributed by atoms with Crippen molar-refractivity contribution in [3.05, 3.63) is 23.0 Å². The van der Waals surface area contributed by atoms with Crippen molar-refractivity contribution in [1.82, 2.24) is 4.98 Å². The second-order valence-electron chi connectivity index (χ2n) is 6.98. The lowest BCUT2D eigenvalue weighted by Gasteiger charge is -2.37. The van der Waals surface area contributed by atoms with E-state index in [1.807, 2.05) is 6.20 Å². The molecular formula is C17H29NO2Si. The first-order chi connectivity index (χ1) is 9.67. The number of aromatic nitrogens is 1. The summed E-state index contributed by atoms with van der Waals surface area (Å²) in [4.78, 5) is 15.4. The van der Waals surface area contributed by atoms with Crippen LogP contribution in [0.2, 0.25) is 18.1 Å². The molecule has 1 rings (SSSR count). The summed E-state index contributed by atoms with van der Waals surface area (Å²) in [6, 6.07) is 0. The Balaban J connectivity index is 3.39. The van der Waals surface area contributed by atoms with Crippen LogP contribution in [0.15, 0.2) is 6.20 Å². The molecule has 1 aromatic rings. The number of rotatable bonds is 6. The number of aryl methyl sites for hydroxylation is 1. The molecule has 0 atom stereocenters. The van der Waals surface area contributed by atoms with Crippen molar-refractivity contribution in [2.24, 2.45) is 0 Å². The second kappa shape index (κ2) is 6.73. The maximum Gasteiger partial charge on any atom is 0.250 e. The smallest absolute Gasteiger partial charge is 0.250 e. The zero-order valence-corrected chi connectivity index (χ0v) is 15.5. The molecule has 0 amide bonds. The van der Waals surface area contributed by atoms with Gasteiger partial charge in [0, 0.05) is 12.6 Å². The molecule has 3 nitrogen and oxygen atoms in total. The Hall–Kier alpha value is -1.16. The number of carbonyl (C=O) groups is 1. The highest BCUT2D eigenvalue weighted by molar-refractivity contribution is 6.74. The summed E-state index contributed by atoms with van der Waals surface area (Å²) >= 11 is 0. The van der Waals surface area contributed by atoms with Crippen LogP contribution < -0.4 is 4.43 Å². The van der Waals surface area contributed by atoms with Gasteiger partial charge in [0.05, 0.1) is 5.69 Å². The lowest BCUT2D eigenvalue weighted by atomic mass is 10.0. The molecule has 0 spiro atoms. The molecule has 0 aliphatic carbocycles. The lowest BCUT2D eigenvalue weighted by molar-refractivity contribution is -0.107. The van der Waals surface area contributed by atoms with Gasteiger partial charge in [0.2, 0.25) is 0 Å². The van der Waals surface area contributed by atoms with Crippen LogP contribution in [0.3, 0.4) is 0 Å². The van der Waals surface area contributed by atoms with E-state index >= 15 is 0 Å². The second-order valence-corrected chi connectivity index (χ2v) is 11.7. The summed E-state index contributed by atoms with van der Waals surface area (Å²) < 4.78 is 6.53. The van der Waals surface area contributed by atoms with Gasteiger partial charge in [-0.1, -0.05) is 34.6 Å². The third kappa shape index (κ3) is 3.94. The van der Waals surface area contributed by atoms with Crippen LogP contribution >= 0.6 is 0 Å². The van der Waals surface area contributed by atoms with Gasteiger partial charge < -0.3 is 9.22 Å². The minimum Gasteiger partial charge on any atom is -0.542 e. The van der Waals surface area contributed by atoms with Crippen molar-refractivity contribution in [2.45, 2.75) is 72.0 Å². The third-order valence-corrected chi connectivity index (χ3v) is 8.80. The lowest BCUT2D eigenvalue weighted by Crippen LogP contribution is -2.44. The topological polar surface area (TPSA) is 39.2 Å². The first-order valence-electron chi connectivity index (χ1n) is 7.80. The maximum atomic E-state index is 11.0. The molecule has 0 saturated carbocycles. The van der Waals surface area contributed by atoms with E-state index in [1.165, 1.54) is 11.1 Å². The summed E-state index contributed by atoms with van der Waals surface area (Å²) in [5.41, 5.74) is 3.22. The van der Waals surface area contributed by atoms with Crippen molar-refractivity contribution in [3.63, 3.8) is 0 Å². The molecule has 0 aliphatic rings. The molecule has 0 unspecified atom stereocenters. The minimum absolute atomic E-state index is 0.124. The first-order valence-corrected chi connectivity index (χ1v) is 10.7. The Morgan fingerprint density at radius 3 is 2.29 bits per heavy atom. The zero-order chi connectivity index (χ0) is 16.3. The predicted octanol–water partition coefficient (Wildman–Crippen LogP) is 4.33. The van der Waals surface area contributed by atoms with Gasteiger partial charge in [0.1, 0.15) is 12.0 Å². The number of hydrogen-bond acceptors (Lipinski definition) is 3. The van der Waals surface area contributed by atoms with Crippen molar-refractivity contribution >= 4 is 14.6 Å². The van der Waals surface area contributed by atoms with Gasteiger partial charge in [0.15, 0.2) is 0 Å². The molecule has 0 fully saturated rings. The van der Waals surface area contributed by atoms with Crippen LogP contribution in [0.1, 0.15) is 51.4 Å². The van der Waals surface area contributed by atoms with Gasteiger partial charge in [-0.25, -0.2) is 0 Å². The van der Waals surface area contributed by atoms with Crippen molar-refractivity contribution in [1.29, 1.82) is 0 Å². The molecule has 118 valence electrons. The molecule has 1 heterocycles. The predicted molar refractivity (Wildman–Crippen MR) is 90.6 cm³/mol. The number of aldehydes is 1. The zero-order valence-electron chi connectivity index (χ0n) is 14.5. The van der Waals surface area contributed by atoms with Gasteiger partial charge in [-0.3, -0.25) is 4.98 Å². The molecule has 0 N–H and O–H groups in total. The molecule has 0 aliphatic heterocycles. The highest BCUT2D eigenvalue weighted by Crippen LogP contribution is 2.39. The number of nitrogens with zero attached hydrogens (tertiary/aromatic N) is 1. The van der Waals surface area contributed by atoms with Gasteiger partial charge >= 0.3 is 0 Å². The van der Waals surface area contributed by atoms with Crippen LogP contribution in [-0.4, -0.2) is 19.6 Å². The summed E-state index contributed by atoms with van der Waals surface area (Å²) in [5.74, 6) is 0.871. The normalized spacial score (nSPS) is 12.3. The number of hydrogen-bond donors (Lipinski definition) is 0. The van der Waals surface area contributed by atoms with Crippen LogP contribution in [0.5, 0.6) is 5.75 Å². The van der Waals surface area contributed by atoms with Crippen LogP contribution in [0.4, 0.5) is 0 Å². The SMILES string of the molecule is CCc1cnc(CC=O)c(O[Si](C)(C)C(C)(C)C)c1CC. The van der Waals surface area contributed by atoms with E-state index < -0.39 is 8.32 Å². The highest BCUT2D eigenvalue weighted by atomic mass is 28.4. The molecule has 4 heteroatoms. The van der Waals surface area contributed by atoms with Crippen LogP contribution in [0, 0.1) is 0 Å². The monoisotopic (exact) mass is 307 g/mol. The van der Waals surface area contributed by atoms with E-state index in [-0.39, 0.29) is 5.04 Å². The molecule has 0 aromatic carbocycles. The van der Waals surface area contributed by atoms with Crippen molar-refractivity contribution in [3.8, 4) is 5.75 Å². The molecule has 0 radical (unpaired) electrons. The summed E-state index contributed by atoms with van der Waals surface area (Å²) in [6.45, 7) is 15.4. The average Bonchev–Trinajstić information content (AvgIpc) is 2.38. The van der Waals surface area contributed by atoms with E-state index in [1.54, 1.807) is 0 Å². The van der Waals surface area contributed by atoms with Crippen LogP contribution in [-0.2, 0) is 24.1 Å². The van der Waals surface area contributed by atoms with Crippen molar-refractivity contribution < 1.29 is 9.22 Å². The Kier molecular flexibility index (Phi) is 5.73. The Morgan fingerprint density at radius 1 is 1.24 bits per heavy atom. The fourth-order valence-corrected chi connectivity index (χ4v) is 3.12. The maximum absolute atomic E-state index is 11.0. The Labute approximate surface area is 130 Å². The van der Waals surface area contributed by atoms with E-state index in [0.29, 0.717) is 6.42 Å². The largest absolute Gasteiger partial charge is 0.542 e. The fourth-order valence-electron chi connectivity index (χ4n) is 2.06. The van der Waals surface area contributed by atoms with Gasteiger partial charge in [-0.05, 0) is 42.1 Å².